The Bertz CT molecular complexity index is 362. The van der Waals surface area contributed by atoms with E-state index in [1.807, 2.05) is 6.07 Å². The maximum Gasteiger partial charge on any atom is 0.144 e. The minimum atomic E-state index is -0.653. The summed E-state index contributed by atoms with van der Waals surface area (Å²) in [7, 11) is 0. The van der Waals surface area contributed by atoms with Crippen LogP contribution in [0.3, 0.4) is 0 Å². The van der Waals surface area contributed by atoms with E-state index < -0.39 is 5.92 Å². The lowest BCUT2D eigenvalue weighted by atomic mass is 9.95. The van der Waals surface area contributed by atoms with E-state index in [9.17, 15) is 0 Å². The summed E-state index contributed by atoms with van der Waals surface area (Å²) in [6, 6.07) is 6.78. The van der Waals surface area contributed by atoms with E-state index in [1.54, 1.807) is 25.1 Å². The van der Waals surface area contributed by atoms with Crippen LogP contribution in [0, 0.1) is 51.2 Å². The highest BCUT2D eigenvalue weighted by Crippen LogP contribution is 2.16. The van der Waals surface area contributed by atoms with E-state index in [-0.39, 0.29) is 11.1 Å². The molecule has 62 valence electrons. The van der Waals surface area contributed by atoms with Crippen molar-refractivity contribution >= 4 is 0 Å². The van der Waals surface area contributed by atoms with Crippen LogP contribution >= 0.6 is 0 Å². The summed E-state index contributed by atoms with van der Waals surface area (Å²) in [4.78, 5) is 0. The summed E-state index contributed by atoms with van der Waals surface area (Å²) in [5.41, 5.74) is -0.300. The third-order valence-corrected chi connectivity index (χ3v) is 1.53. The third kappa shape index (κ3) is 2.33. The molecule has 0 aliphatic rings. The summed E-state index contributed by atoms with van der Waals surface area (Å²) in [6.07, 6.45) is 0.423. The largest absolute Gasteiger partial charge is 0.198 e. The quantitative estimate of drug-likeness (QED) is 0.585. The highest BCUT2D eigenvalue weighted by atomic mass is 14.3. The fourth-order valence-electron chi connectivity index (χ4n) is 0.813. The van der Waals surface area contributed by atoms with Crippen molar-refractivity contribution in [2.45, 2.75) is 13.3 Å². The van der Waals surface area contributed by atoms with Crippen LogP contribution in [0.4, 0.5) is 0 Å². The van der Waals surface area contributed by atoms with Crippen molar-refractivity contribution in [1.29, 1.82) is 21.0 Å². The topological polar surface area (TPSA) is 95.2 Å². The highest BCUT2D eigenvalue weighted by molar-refractivity contribution is 5.48. The molecule has 1 atom stereocenters. The van der Waals surface area contributed by atoms with Gasteiger partial charge in [-0.25, -0.2) is 0 Å². The number of rotatable bonds is 2. The number of nitrogens with zero attached hydrogens (tertiary/aromatic N) is 4. The summed E-state index contributed by atoms with van der Waals surface area (Å²) in [5.74, 6) is -0.653. The van der Waals surface area contributed by atoms with Crippen molar-refractivity contribution in [2.75, 3.05) is 0 Å². The first kappa shape index (κ1) is 10.7. The number of hydrogen-bond donors (Lipinski definition) is 0. The normalized spacial score (nSPS) is 9.62. The zero-order valence-corrected chi connectivity index (χ0v) is 7.07. The zero-order chi connectivity index (χ0) is 10.3. The SMILES string of the molecule is CCC(C#N)C(C#N)=C(C#N)C#N. The zero-order valence-electron chi connectivity index (χ0n) is 7.07. The van der Waals surface area contributed by atoms with Gasteiger partial charge in [-0.1, -0.05) is 6.92 Å². The van der Waals surface area contributed by atoms with Gasteiger partial charge in [0.15, 0.2) is 0 Å². The summed E-state index contributed by atoms with van der Waals surface area (Å²) < 4.78 is 0. The molecule has 1 unspecified atom stereocenters. The Labute approximate surface area is 76.5 Å². The molecule has 4 heteroatoms. The van der Waals surface area contributed by atoms with E-state index in [4.69, 9.17) is 21.0 Å². The number of allylic oxidation sites excluding steroid dienone is 2. The monoisotopic (exact) mass is 170 g/mol. The molecule has 0 aromatic carbocycles. The van der Waals surface area contributed by atoms with Crippen LogP contribution < -0.4 is 0 Å². The molecule has 0 saturated heterocycles. The van der Waals surface area contributed by atoms with Gasteiger partial charge >= 0.3 is 0 Å². The average Bonchev–Trinajstić information content (AvgIpc) is 2.18. The fourth-order valence-corrected chi connectivity index (χ4v) is 0.813. The van der Waals surface area contributed by atoms with Crippen LogP contribution in [0.15, 0.2) is 11.1 Å². The summed E-state index contributed by atoms with van der Waals surface area (Å²) in [6.45, 7) is 1.72. The minimum absolute atomic E-state index is 0.0324. The van der Waals surface area contributed by atoms with Gasteiger partial charge in [0, 0.05) is 0 Å². The standard InChI is InChI=1S/C9H6N4/c1-2-7(3-10)9(6-13)8(4-11)5-12/h7H,2H2,1H3. The molecule has 0 radical (unpaired) electrons. The molecule has 0 bridgehead atoms. The molecular weight excluding hydrogens is 164 g/mol. The summed E-state index contributed by atoms with van der Waals surface area (Å²) >= 11 is 0. The van der Waals surface area contributed by atoms with E-state index in [0.29, 0.717) is 6.42 Å². The second-order valence-electron chi connectivity index (χ2n) is 2.21. The molecule has 0 heterocycles. The van der Waals surface area contributed by atoms with Gasteiger partial charge in [-0.2, -0.15) is 21.0 Å². The van der Waals surface area contributed by atoms with Gasteiger partial charge in [-0.15, -0.1) is 0 Å². The van der Waals surface area contributed by atoms with Gasteiger partial charge in [-0.05, 0) is 6.42 Å². The lowest BCUT2D eigenvalue weighted by Crippen LogP contribution is -2.00. The predicted molar refractivity (Wildman–Crippen MR) is 43.3 cm³/mol. The average molecular weight is 170 g/mol. The van der Waals surface area contributed by atoms with Gasteiger partial charge in [-0.3, -0.25) is 0 Å². The Kier molecular flexibility index (Phi) is 4.41. The Morgan fingerprint density at radius 3 is 1.85 bits per heavy atom. The Hall–Kier alpha value is -2.30. The van der Waals surface area contributed by atoms with Gasteiger partial charge in [0.05, 0.1) is 23.6 Å². The fraction of sp³-hybridized carbons (Fsp3) is 0.333. The minimum Gasteiger partial charge on any atom is -0.198 e. The molecular formula is C9H6N4. The van der Waals surface area contributed by atoms with Crippen molar-refractivity contribution in [3.63, 3.8) is 0 Å². The van der Waals surface area contributed by atoms with Crippen molar-refractivity contribution in [3.05, 3.63) is 11.1 Å². The van der Waals surface area contributed by atoms with E-state index in [2.05, 4.69) is 0 Å². The molecule has 0 aromatic rings. The van der Waals surface area contributed by atoms with E-state index in [0.717, 1.165) is 0 Å². The molecule has 0 saturated carbocycles. The maximum absolute atomic E-state index is 8.63. The Morgan fingerprint density at radius 2 is 1.62 bits per heavy atom. The molecule has 0 rings (SSSR count). The Balaban J connectivity index is 5.30. The van der Waals surface area contributed by atoms with Gasteiger partial charge in [0.2, 0.25) is 0 Å². The van der Waals surface area contributed by atoms with Crippen LogP contribution in [0.2, 0.25) is 0 Å². The van der Waals surface area contributed by atoms with Crippen LogP contribution in [0.25, 0.3) is 0 Å². The van der Waals surface area contributed by atoms with Gasteiger partial charge in [0.25, 0.3) is 0 Å². The van der Waals surface area contributed by atoms with Crippen LogP contribution in [-0.4, -0.2) is 0 Å². The highest BCUT2D eigenvalue weighted by Gasteiger charge is 2.16. The van der Waals surface area contributed by atoms with Crippen molar-refractivity contribution in [2.24, 2.45) is 5.92 Å². The smallest absolute Gasteiger partial charge is 0.144 e. The molecule has 0 N–H and O–H groups in total. The molecule has 0 spiro atoms. The Morgan fingerprint density at radius 1 is 1.08 bits per heavy atom. The second-order valence-corrected chi connectivity index (χ2v) is 2.21. The lowest BCUT2D eigenvalue weighted by molar-refractivity contribution is 0.758. The van der Waals surface area contributed by atoms with Crippen molar-refractivity contribution in [3.8, 4) is 24.3 Å². The molecule has 0 aromatic heterocycles. The van der Waals surface area contributed by atoms with Gasteiger partial charge in [0.1, 0.15) is 17.7 Å². The van der Waals surface area contributed by atoms with Crippen LogP contribution in [0.1, 0.15) is 13.3 Å². The number of nitriles is 4. The molecule has 0 fully saturated rings. The molecule has 0 aliphatic carbocycles. The van der Waals surface area contributed by atoms with Crippen LogP contribution in [0.5, 0.6) is 0 Å². The molecule has 0 aliphatic heterocycles. The molecule has 4 nitrogen and oxygen atoms in total. The first-order valence-electron chi connectivity index (χ1n) is 3.59. The van der Waals surface area contributed by atoms with Crippen molar-refractivity contribution < 1.29 is 0 Å². The lowest BCUT2D eigenvalue weighted by Gasteiger charge is -2.01. The van der Waals surface area contributed by atoms with E-state index >= 15 is 0 Å². The third-order valence-electron chi connectivity index (χ3n) is 1.53. The second kappa shape index (κ2) is 5.36. The summed E-state index contributed by atoms with van der Waals surface area (Å²) in [5, 5.41) is 34.2. The predicted octanol–water partition coefficient (Wildman–Crippen LogP) is 1.40. The maximum atomic E-state index is 8.63. The van der Waals surface area contributed by atoms with E-state index in [1.165, 1.54) is 0 Å². The number of hydrogen-bond acceptors (Lipinski definition) is 4. The van der Waals surface area contributed by atoms with Crippen LogP contribution in [-0.2, 0) is 0 Å². The molecule has 0 amide bonds. The van der Waals surface area contributed by atoms with Crippen molar-refractivity contribution in [1.82, 2.24) is 0 Å². The molecule has 13 heavy (non-hydrogen) atoms. The first-order chi connectivity index (χ1) is 6.24. The van der Waals surface area contributed by atoms with Gasteiger partial charge < -0.3 is 0 Å². The first-order valence-corrected chi connectivity index (χ1v) is 3.59.